The van der Waals surface area contributed by atoms with Gasteiger partial charge >= 0.3 is 0 Å². The highest BCUT2D eigenvalue weighted by atomic mass is 31.1. The van der Waals surface area contributed by atoms with Crippen molar-refractivity contribution in [3.05, 3.63) is 24.3 Å². The SMILES string of the molecule is COc1ccccc1PCCC=NC(C)(C)C. The molecule has 0 bridgehead atoms. The zero-order chi connectivity index (χ0) is 12.7. The summed E-state index contributed by atoms with van der Waals surface area (Å²) >= 11 is 0. The summed E-state index contributed by atoms with van der Waals surface area (Å²) in [7, 11) is 2.51. The van der Waals surface area contributed by atoms with E-state index in [0.717, 1.165) is 26.9 Å². The van der Waals surface area contributed by atoms with Crippen LogP contribution in [0, 0.1) is 0 Å². The van der Waals surface area contributed by atoms with Crippen molar-refractivity contribution in [3.63, 3.8) is 0 Å². The fourth-order valence-electron chi connectivity index (χ4n) is 1.40. The van der Waals surface area contributed by atoms with E-state index in [1.807, 2.05) is 18.3 Å². The first-order valence-electron chi connectivity index (χ1n) is 5.93. The van der Waals surface area contributed by atoms with Crippen LogP contribution in [0.1, 0.15) is 27.2 Å². The van der Waals surface area contributed by atoms with Crippen molar-refractivity contribution in [2.24, 2.45) is 4.99 Å². The van der Waals surface area contributed by atoms with E-state index in [1.54, 1.807) is 7.11 Å². The maximum atomic E-state index is 5.33. The number of nitrogens with zero attached hydrogens (tertiary/aromatic N) is 1. The largest absolute Gasteiger partial charge is 0.496 e. The van der Waals surface area contributed by atoms with Crippen LogP contribution in [0.2, 0.25) is 0 Å². The van der Waals surface area contributed by atoms with E-state index >= 15 is 0 Å². The molecule has 94 valence electrons. The molecule has 0 aliphatic carbocycles. The summed E-state index contributed by atoms with van der Waals surface area (Å²) in [6.07, 6.45) is 4.22. The van der Waals surface area contributed by atoms with Crippen LogP contribution in [0.25, 0.3) is 0 Å². The summed E-state index contributed by atoms with van der Waals surface area (Å²) in [5.41, 5.74) is 0.0492. The maximum Gasteiger partial charge on any atom is 0.126 e. The molecule has 0 aliphatic rings. The van der Waals surface area contributed by atoms with Gasteiger partial charge in [-0.05, 0) is 45.6 Å². The van der Waals surface area contributed by atoms with Gasteiger partial charge in [0.2, 0.25) is 0 Å². The predicted molar refractivity (Wildman–Crippen MR) is 78.7 cm³/mol. The Hall–Kier alpha value is -0.880. The standard InChI is InChI=1S/C14H22NOP/c1-14(2,3)15-10-7-11-17-13-9-6-5-8-12(13)16-4/h5-6,8-10,17H,7,11H2,1-4H3. The lowest BCUT2D eigenvalue weighted by atomic mass is 10.1. The van der Waals surface area contributed by atoms with E-state index in [9.17, 15) is 0 Å². The molecular formula is C14H22NOP. The Morgan fingerprint density at radius 3 is 2.65 bits per heavy atom. The van der Waals surface area contributed by atoms with Gasteiger partial charge in [-0.15, -0.1) is 0 Å². The topological polar surface area (TPSA) is 21.6 Å². The first-order valence-corrected chi connectivity index (χ1v) is 7.14. The molecule has 3 heteroatoms. The fraction of sp³-hybridized carbons (Fsp3) is 0.500. The van der Waals surface area contributed by atoms with Crippen molar-refractivity contribution in [2.45, 2.75) is 32.7 Å². The van der Waals surface area contributed by atoms with Crippen LogP contribution < -0.4 is 10.0 Å². The monoisotopic (exact) mass is 251 g/mol. The zero-order valence-corrected chi connectivity index (χ0v) is 12.2. The third-order valence-electron chi connectivity index (χ3n) is 2.17. The molecule has 0 aliphatic heterocycles. The molecule has 0 fully saturated rings. The molecule has 0 spiro atoms. The minimum Gasteiger partial charge on any atom is -0.496 e. The second kappa shape index (κ2) is 6.76. The van der Waals surface area contributed by atoms with Gasteiger partial charge < -0.3 is 4.74 Å². The van der Waals surface area contributed by atoms with Gasteiger partial charge in [0.05, 0.1) is 12.6 Å². The average Bonchev–Trinajstić information content (AvgIpc) is 2.27. The fourth-order valence-corrected chi connectivity index (χ4v) is 2.52. The number of aliphatic imine (C=N–C) groups is 1. The number of hydrogen-bond acceptors (Lipinski definition) is 2. The normalized spacial score (nSPS) is 12.7. The highest BCUT2D eigenvalue weighted by molar-refractivity contribution is 7.47. The number of hydrogen-bond donors (Lipinski definition) is 0. The van der Waals surface area contributed by atoms with Crippen molar-refractivity contribution in [3.8, 4) is 5.75 Å². The van der Waals surface area contributed by atoms with Crippen molar-refractivity contribution in [1.82, 2.24) is 0 Å². The molecular weight excluding hydrogens is 229 g/mol. The van der Waals surface area contributed by atoms with Crippen LogP contribution in [0.15, 0.2) is 29.3 Å². The summed E-state index contributed by atoms with van der Waals surface area (Å²) < 4.78 is 5.33. The Kier molecular flexibility index (Phi) is 5.64. The van der Waals surface area contributed by atoms with Gasteiger partial charge in [-0.25, -0.2) is 0 Å². The van der Waals surface area contributed by atoms with Gasteiger partial charge in [-0.2, -0.15) is 0 Å². The molecule has 1 rings (SSSR count). The third kappa shape index (κ3) is 5.83. The summed E-state index contributed by atoms with van der Waals surface area (Å²) in [5.74, 6) is 0.999. The van der Waals surface area contributed by atoms with Gasteiger partial charge in [-0.3, -0.25) is 4.99 Å². The molecule has 0 heterocycles. The first kappa shape index (κ1) is 14.2. The van der Waals surface area contributed by atoms with Crippen LogP contribution in [-0.2, 0) is 0 Å². The number of para-hydroxylation sites is 1. The smallest absolute Gasteiger partial charge is 0.126 e. The van der Waals surface area contributed by atoms with E-state index in [0.29, 0.717) is 0 Å². The van der Waals surface area contributed by atoms with Gasteiger partial charge in [0.1, 0.15) is 5.75 Å². The van der Waals surface area contributed by atoms with Crippen LogP contribution in [0.5, 0.6) is 5.75 Å². The van der Waals surface area contributed by atoms with Crippen molar-refractivity contribution in [2.75, 3.05) is 13.3 Å². The summed E-state index contributed by atoms with van der Waals surface area (Å²) in [6, 6.07) is 8.23. The number of ether oxygens (including phenoxy) is 1. The summed E-state index contributed by atoms with van der Waals surface area (Å²) in [4.78, 5) is 4.48. The van der Waals surface area contributed by atoms with E-state index in [2.05, 4.69) is 37.9 Å². The lowest BCUT2D eigenvalue weighted by molar-refractivity contribution is 0.418. The van der Waals surface area contributed by atoms with Crippen LogP contribution in [0.3, 0.4) is 0 Å². The molecule has 1 unspecified atom stereocenters. The van der Waals surface area contributed by atoms with Gasteiger partial charge in [0.25, 0.3) is 0 Å². The molecule has 0 radical (unpaired) electrons. The predicted octanol–water partition coefficient (Wildman–Crippen LogP) is 3.26. The second-order valence-corrected chi connectivity index (χ2v) is 6.29. The molecule has 2 nitrogen and oxygen atoms in total. The molecule has 0 amide bonds. The summed E-state index contributed by atoms with van der Waals surface area (Å²) in [5, 5.41) is 1.30. The van der Waals surface area contributed by atoms with Crippen LogP contribution in [-0.4, -0.2) is 25.0 Å². The Morgan fingerprint density at radius 2 is 2.00 bits per heavy atom. The maximum absolute atomic E-state index is 5.33. The highest BCUT2D eigenvalue weighted by Gasteiger charge is 2.04. The minimum absolute atomic E-state index is 0.0492. The molecule has 0 saturated carbocycles. The minimum atomic E-state index is 0.0492. The van der Waals surface area contributed by atoms with Gasteiger partial charge in [0.15, 0.2) is 0 Å². The molecule has 1 atom stereocenters. The Labute approximate surface area is 106 Å². The molecule has 0 saturated heterocycles. The third-order valence-corrected chi connectivity index (χ3v) is 3.51. The summed E-state index contributed by atoms with van der Waals surface area (Å²) in [6.45, 7) is 6.35. The average molecular weight is 251 g/mol. The Bertz CT molecular complexity index is 369. The van der Waals surface area contributed by atoms with E-state index in [-0.39, 0.29) is 5.54 Å². The van der Waals surface area contributed by atoms with Crippen LogP contribution in [0.4, 0.5) is 0 Å². The lowest BCUT2D eigenvalue weighted by Crippen LogP contribution is -2.09. The second-order valence-electron chi connectivity index (χ2n) is 4.90. The number of methoxy groups -OCH3 is 1. The van der Waals surface area contributed by atoms with E-state index in [4.69, 9.17) is 4.74 Å². The number of benzene rings is 1. The number of rotatable bonds is 5. The van der Waals surface area contributed by atoms with Crippen molar-refractivity contribution in [1.29, 1.82) is 0 Å². The van der Waals surface area contributed by atoms with Crippen molar-refractivity contribution >= 4 is 20.1 Å². The zero-order valence-electron chi connectivity index (χ0n) is 11.2. The van der Waals surface area contributed by atoms with Gasteiger partial charge in [-0.1, -0.05) is 26.8 Å². The molecule has 0 N–H and O–H groups in total. The quantitative estimate of drug-likeness (QED) is 0.447. The lowest BCUT2D eigenvalue weighted by Gasteiger charge is -2.11. The molecule has 0 aromatic heterocycles. The molecule has 17 heavy (non-hydrogen) atoms. The Balaban J connectivity index is 2.39. The first-order chi connectivity index (χ1) is 8.03. The highest BCUT2D eigenvalue weighted by Crippen LogP contribution is 2.19. The molecule has 1 aromatic rings. The van der Waals surface area contributed by atoms with E-state index < -0.39 is 0 Å². The van der Waals surface area contributed by atoms with E-state index in [1.165, 1.54) is 5.30 Å². The van der Waals surface area contributed by atoms with Crippen molar-refractivity contribution < 1.29 is 4.74 Å². The Morgan fingerprint density at radius 1 is 1.29 bits per heavy atom. The van der Waals surface area contributed by atoms with Gasteiger partial charge in [0, 0.05) is 5.30 Å². The van der Waals surface area contributed by atoms with Crippen LogP contribution >= 0.6 is 8.58 Å². The molecule has 1 aromatic carbocycles.